The number of ether oxygens (including phenoxy) is 3. The highest BCUT2D eigenvalue weighted by molar-refractivity contribution is 6.05. The lowest BCUT2D eigenvalue weighted by molar-refractivity contribution is 0.0388. The Hall–Kier alpha value is -3.19. The number of halogens is 1. The van der Waals surface area contributed by atoms with Crippen LogP contribution in [-0.4, -0.2) is 32.3 Å². The minimum Gasteiger partial charge on any atom is -0.460 e. The second-order valence-corrected chi connectivity index (χ2v) is 5.69. The maximum absolute atomic E-state index is 13.7. The number of fused-ring (bicyclic) bond motifs is 1. The van der Waals surface area contributed by atoms with E-state index < -0.39 is 17.8 Å². The standard InChI is InChI=1S/C20H17FO6/c1-12-18(20(23)25-10-9-24-2)15-11-13(7-8-17(15)26-12)27-19(22)14-5-3-4-6-16(14)21/h3-8,11H,9-10H2,1-2H3. The van der Waals surface area contributed by atoms with Gasteiger partial charge in [0, 0.05) is 12.5 Å². The molecule has 0 radical (unpaired) electrons. The van der Waals surface area contributed by atoms with E-state index in [1.807, 2.05) is 0 Å². The summed E-state index contributed by atoms with van der Waals surface area (Å²) in [4.78, 5) is 24.5. The molecular formula is C20H17FO6. The lowest BCUT2D eigenvalue weighted by Gasteiger charge is -2.06. The van der Waals surface area contributed by atoms with Gasteiger partial charge in [-0.15, -0.1) is 0 Å². The van der Waals surface area contributed by atoms with E-state index in [9.17, 15) is 14.0 Å². The monoisotopic (exact) mass is 372 g/mol. The van der Waals surface area contributed by atoms with Crippen molar-refractivity contribution in [2.75, 3.05) is 20.3 Å². The number of carbonyl (C=O) groups excluding carboxylic acids is 2. The predicted molar refractivity (Wildman–Crippen MR) is 94.5 cm³/mol. The third-order valence-electron chi connectivity index (χ3n) is 3.86. The largest absolute Gasteiger partial charge is 0.460 e. The first-order valence-corrected chi connectivity index (χ1v) is 8.17. The normalized spacial score (nSPS) is 10.8. The summed E-state index contributed by atoms with van der Waals surface area (Å²) >= 11 is 0. The van der Waals surface area contributed by atoms with Gasteiger partial charge in [0.25, 0.3) is 0 Å². The quantitative estimate of drug-likeness (QED) is 0.371. The Labute approximate surface area is 154 Å². The van der Waals surface area contributed by atoms with E-state index >= 15 is 0 Å². The zero-order valence-electron chi connectivity index (χ0n) is 14.8. The van der Waals surface area contributed by atoms with Gasteiger partial charge in [0.1, 0.15) is 35.1 Å². The van der Waals surface area contributed by atoms with Crippen LogP contribution >= 0.6 is 0 Å². The van der Waals surface area contributed by atoms with E-state index in [1.165, 1.54) is 43.5 Å². The van der Waals surface area contributed by atoms with Crippen LogP contribution in [0.5, 0.6) is 5.75 Å². The highest BCUT2D eigenvalue weighted by Crippen LogP contribution is 2.30. The first-order chi connectivity index (χ1) is 13.0. The summed E-state index contributed by atoms with van der Waals surface area (Å²) in [5, 5.41) is 0.439. The van der Waals surface area contributed by atoms with E-state index in [0.717, 1.165) is 0 Å². The van der Waals surface area contributed by atoms with Gasteiger partial charge < -0.3 is 18.6 Å². The molecule has 1 heterocycles. The third-order valence-corrected chi connectivity index (χ3v) is 3.86. The molecule has 0 saturated heterocycles. The van der Waals surface area contributed by atoms with Crippen LogP contribution in [-0.2, 0) is 9.47 Å². The summed E-state index contributed by atoms with van der Waals surface area (Å²) < 4.78 is 34.5. The molecule has 0 aliphatic rings. The highest BCUT2D eigenvalue weighted by atomic mass is 19.1. The first-order valence-electron chi connectivity index (χ1n) is 8.17. The van der Waals surface area contributed by atoms with E-state index in [1.54, 1.807) is 13.0 Å². The second kappa shape index (κ2) is 8.01. The van der Waals surface area contributed by atoms with E-state index in [4.69, 9.17) is 18.6 Å². The molecule has 0 aliphatic heterocycles. The fourth-order valence-electron chi connectivity index (χ4n) is 2.59. The number of furan rings is 1. The Bertz CT molecular complexity index is 991. The van der Waals surface area contributed by atoms with Crippen molar-refractivity contribution in [2.45, 2.75) is 6.92 Å². The molecule has 0 bridgehead atoms. The second-order valence-electron chi connectivity index (χ2n) is 5.69. The number of benzene rings is 2. The summed E-state index contributed by atoms with van der Waals surface area (Å²) in [5.74, 6) is -1.55. The van der Waals surface area contributed by atoms with Gasteiger partial charge in [-0.25, -0.2) is 14.0 Å². The van der Waals surface area contributed by atoms with Crippen molar-refractivity contribution in [1.29, 1.82) is 0 Å². The number of methoxy groups -OCH3 is 1. The van der Waals surface area contributed by atoms with Crippen molar-refractivity contribution in [2.24, 2.45) is 0 Å². The zero-order chi connectivity index (χ0) is 19.4. The molecule has 3 rings (SSSR count). The molecule has 0 saturated carbocycles. The van der Waals surface area contributed by atoms with E-state index in [2.05, 4.69) is 0 Å². The molecule has 0 spiro atoms. The number of aryl methyl sites for hydroxylation is 1. The molecule has 0 atom stereocenters. The van der Waals surface area contributed by atoms with Gasteiger partial charge in [-0.05, 0) is 37.3 Å². The Balaban J connectivity index is 1.88. The predicted octanol–water partition coefficient (Wildman–Crippen LogP) is 3.90. The SMILES string of the molecule is COCCOC(=O)c1c(C)oc2ccc(OC(=O)c3ccccc3F)cc12. The Morgan fingerprint density at radius 2 is 1.85 bits per heavy atom. The molecule has 27 heavy (non-hydrogen) atoms. The molecule has 0 amide bonds. The van der Waals surface area contributed by atoms with Crippen LogP contribution in [0.15, 0.2) is 46.9 Å². The summed E-state index contributed by atoms with van der Waals surface area (Å²) in [6.45, 7) is 2.01. The highest BCUT2D eigenvalue weighted by Gasteiger charge is 2.21. The van der Waals surface area contributed by atoms with Crippen LogP contribution in [0.2, 0.25) is 0 Å². The van der Waals surface area contributed by atoms with Gasteiger partial charge in [0.15, 0.2) is 0 Å². The fourth-order valence-corrected chi connectivity index (χ4v) is 2.59. The van der Waals surface area contributed by atoms with Gasteiger partial charge in [-0.3, -0.25) is 0 Å². The molecule has 140 valence electrons. The lowest BCUT2D eigenvalue weighted by atomic mass is 10.1. The topological polar surface area (TPSA) is 75.0 Å². The molecular weight excluding hydrogens is 355 g/mol. The number of rotatable bonds is 6. The molecule has 0 unspecified atom stereocenters. The number of carbonyl (C=O) groups is 2. The molecule has 0 fully saturated rings. The van der Waals surface area contributed by atoms with Crippen LogP contribution in [0.3, 0.4) is 0 Å². The third kappa shape index (κ3) is 3.98. The average Bonchev–Trinajstić information content (AvgIpc) is 2.97. The lowest BCUT2D eigenvalue weighted by Crippen LogP contribution is -2.11. The number of hydrogen-bond acceptors (Lipinski definition) is 6. The molecule has 0 N–H and O–H groups in total. The number of esters is 2. The van der Waals surface area contributed by atoms with E-state index in [0.29, 0.717) is 16.7 Å². The summed E-state index contributed by atoms with van der Waals surface area (Å²) in [6.07, 6.45) is 0. The average molecular weight is 372 g/mol. The van der Waals surface area contributed by atoms with Gasteiger partial charge >= 0.3 is 11.9 Å². The maximum Gasteiger partial charge on any atom is 0.346 e. The molecule has 0 aliphatic carbocycles. The Morgan fingerprint density at radius 3 is 2.59 bits per heavy atom. The van der Waals surface area contributed by atoms with Crippen molar-refractivity contribution in [3.05, 3.63) is 65.2 Å². The molecule has 6 nitrogen and oxygen atoms in total. The number of hydrogen-bond donors (Lipinski definition) is 0. The van der Waals surface area contributed by atoms with Crippen molar-refractivity contribution in [1.82, 2.24) is 0 Å². The zero-order valence-corrected chi connectivity index (χ0v) is 14.8. The fraction of sp³-hybridized carbons (Fsp3) is 0.200. The van der Waals surface area contributed by atoms with Gasteiger partial charge in [0.2, 0.25) is 0 Å². The van der Waals surface area contributed by atoms with Crippen molar-refractivity contribution in [3.63, 3.8) is 0 Å². The van der Waals surface area contributed by atoms with Crippen LogP contribution < -0.4 is 4.74 Å². The Kier molecular flexibility index (Phi) is 5.52. The minimum atomic E-state index is -0.836. The van der Waals surface area contributed by atoms with Crippen molar-refractivity contribution >= 4 is 22.9 Å². The molecule has 2 aromatic carbocycles. The summed E-state index contributed by atoms with van der Waals surface area (Å²) in [5.41, 5.74) is 0.502. The van der Waals surface area contributed by atoms with Crippen LogP contribution in [0.1, 0.15) is 26.5 Å². The van der Waals surface area contributed by atoms with Crippen LogP contribution in [0, 0.1) is 12.7 Å². The van der Waals surface area contributed by atoms with Crippen LogP contribution in [0.25, 0.3) is 11.0 Å². The molecule has 3 aromatic rings. The van der Waals surface area contributed by atoms with Crippen LogP contribution in [0.4, 0.5) is 4.39 Å². The minimum absolute atomic E-state index is 0.101. The van der Waals surface area contributed by atoms with Gasteiger partial charge in [-0.2, -0.15) is 0 Å². The maximum atomic E-state index is 13.7. The molecule has 1 aromatic heterocycles. The smallest absolute Gasteiger partial charge is 0.346 e. The molecule has 7 heteroatoms. The van der Waals surface area contributed by atoms with E-state index in [-0.39, 0.29) is 30.1 Å². The first kappa shape index (κ1) is 18.6. The summed E-state index contributed by atoms with van der Waals surface area (Å²) in [6, 6.07) is 10.1. The van der Waals surface area contributed by atoms with Gasteiger partial charge in [0.05, 0.1) is 12.2 Å². The Morgan fingerprint density at radius 1 is 1.07 bits per heavy atom. The van der Waals surface area contributed by atoms with Crippen molar-refractivity contribution < 1.29 is 32.6 Å². The van der Waals surface area contributed by atoms with Crippen molar-refractivity contribution in [3.8, 4) is 5.75 Å². The van der Waals surface area contributed by atoms with Gasteiger partial charge in [-0.1, -0.05) is 12.1 Å². The summed E-state index contributed by atoms with van der Waals surface area (Å²) in [7, 11) is 1.50.